The summed E-state index contributed by atoms with van der Waals surface area (Å²) in [6, 6.07) is 12.4. The van der Waals surface area contributed by atoms with Crippen LogP contribution < -0.4 is 11.1 Å². The van der Waals surface area contributed by atoms with Gasteiger partial charge in [0.25, 0.3) is 0 Å². The molecule has 0 unspecified atom stereocenters. The van der Waals surface area contributed by atoms with Crippen molar-refractivity contribution in [3.05, 3.63) is 59.4 Å². The molecule has 1 saturated heterocycles. The van der Waals surface area contributed by atoms with E-state index in [-0.39, 0.29) is 0 Å². The van der Waals surface area contributed by atoms with Crippen molar-refractivity contribution in [3.63, 3.8) is 0 Å². The van der Waals surface area contributed by atoms with Crippen LogP contribution >= 0.6 is 11.3 Å². The number of rotatable bonds is 5. The minimum atomic E-state index is 0.523. The molecule has 5 nitrogen and oxygen atoms in total. The second-order valence-corrected chi connectivity index (χ2v) is 8.20. The third-order valence-electron chi connectivity index (χ3n) is 5.12. The van der Waals surface area contributed by atoms with Crippen LogP contribution in [0.4, 0.5) is 11.5 Å². The van der Waals surface area contributed by atoms with Gasteiger partial charge < -0.3 is 16.0 Å². The molecule has 1 fully saturated rings. The number of hydrogen-bond acceptors (Lipinski definition) is 6. The summed E-state index contributed by atoms with van der Waals surface area (Å²) in [4.78, 5) is 12.6. The zero-order chi connectivity index (χ0) is 18.6. The third-order valence-corrected chi connectivity index (χ3v) is 6.33. The molecule has 0 radical (unpaired) electrons. The van der Waals surface area contributed by atoms with E-state index in [0.29, 0.717) is 11.7 Å². The standard InChI is InChI=1S/C21H25N5S/c1-26-9-7-16(8-10-26)21-25-14-19(27-21)17-11-18(20(22)24-13-17)23-12-15-5-3-2-4-6-15/h2-6,11,13-14,16,23H,7-10,12H2,1H3,(H2,22,24). The topological polar surface area (TPSA) is 67.1 Å². The molecule has 2 aromatic heterocycles. The molecule has 3 heterocycles. The van der Waals surface area contributed by atoms with E-state index in [1.165, 1.54) is 23.4 Å². The van der Waals surface area contributed by atoms with Crippen LogP contribution in [0, 0.1) is 0 Å². The van der Waals surface area contributed by atoms with E-state index >= 15 is 0 Å². The number of nitrogens with one attached hydrogen (secondary N) is 1. The van der Waals surface area contributed by atoms with Gasteiger partial charge >= 0.3 is 0 Å². The Morgan fingerprint density at radius 3 is 2.70 bits per heavy atom. The van der Waals surface area contributed by atoms with Gasteiger partial charge in [-0.15, -0.1) is 11.3 Å². The number of likely N-dealkylation sites (tertiary alicyclic amines) is 1. The fourth-order valence-electron chi connectivity index (χ4n) is 3.41. The first-order valence-corrected chi connectivity index (χ1v) is 10.2. The van der Waals surface area contributed by atoms with Crippen molar-refractivity contribution in [2.45, 2.75) is 25.3 Å². The molecule has 1 aliphatic rings. The summed E-state index contributed by atoms with van der Waals surface area (Å²) >= 11 is 1.78. The highest BCUT2D eigenvalue weighted by Gasteiger charge is 2.21. The summed E-state index contributed by atoms with van der Waals surface area (Å²) in [6.45, 7) is 3.02. The van der Waals surface area contributed by atoms with Crippen molar-refractivity contribution in [1.82, 2.24) is 14.9 Å². The number of benzene rings is 1. The van der Waals surface area contributed by atoms with Crippen molar-refractivity contribution in [2.24, 2.45) is 0 Å². The molecule has 1 aromatic carbocycles. The van der Waals surface area contributed by atoms with Gasteiger partial charge in [0.05, 0.1) is 15.6 Å². The van der Waals surface area contributed by atoms with Crippen molar-refractivity contribution in [1.29, 1.82) is 0 Å². The highest BCUT2D eigenvalue weighted by atomic mass is 32.1. The minimum absolute atomic E-state index is 0.523. The maximum absolute atomic E-state index is 6.08. The highest BCUT2D eigenvalue weighted by molar-refractivity contribution is 7.15. The Hall–Kier alpha value is -2.44. The maximum Gasteiger partial charge on any atom is 0.146 e. The largest absolute Gasteiger partial charge is 0.382 e. The van der Waals surface area contributed by atoms with Crippen LogP contribution in [-0.2, 0) is 6.54 Å². The summed E-state index contributed by atoms with van der Waals surface area (Å²) in [7, 11) is 2.19. The first kappa shape index (κ1) is 17.9. The van der Waals surface area contributed by atoms with E-state index in [2.05, 4.69) is 40.4 Å². The zero-order valence-corrected chi connectivity index (χ0v) is 16.4. The Labute approximate surface area is 164 Å². The summed E-state index contributed by atoms with van der Waals surface area (Å²) in [5.74, 6) is 1.10. The molecule has 3 aromatic rings. The molecule has 1 aliphatic heterocycles. The van der Waals surface area contributed by atoms with E-state index in [1.807, 2.05) is 30.6 Å². The van der Waals surface area contributed by atoms with E-state index in [1.54, 1.807) is 11.3 Å². The molecule has 27 heavy (non-hydrogen) atoms. The first-order valence-electron chi connectivity index (χ1n) is 9.37. The summed E-state index contributed by atoms with van der Waals surface area (Å²) < 4.78 is 0. The monoisotopic (exact) mass is 379 g/mol. The molecule has 0 atom stereocenters. The molecule has 140 valence electrons. The Morgan fingerprint density at radius 2 is 1.93 bits per heavy atom. The van der Waals surface area contributed by atoms with Crippen LogP contribution in [0.2, 0.25) is 0 Å². The molecular formula is C21H25N5S. The number of anilines is 2. The fourth-order valence-corrected chi connectivity index (χ4v) is 4.48. The number of nitrogen functional groups attached to an aromatic ring is 1. The van der Waals surface area contributed by atoms with E-state index in [0.717, 1.165) is 35.8 Å². The van der Waals surface area contributed by atoms with Crippen LogP contribution in [0.1, 0.15) is 29.3 Å². The quantitative estimate of drug-likeness (QED) is 0.695. The Balaban J connectivity index is 1.49. The van der Waals surface area contributed by atoms with Crippen molar-refractivity contribution >= 4 is 22.8 Å². The lowest BCUT2D eigenvalue weighted by Gasteiger charge is -2.27. The van der Waals surface area contributed by atoms with Crippen LogP contribution in [0.5, 0.6) is 0 Å². The molecule has 0 aliphatic carbocycles. The molecule has 0 bridgehead atoms. The van der Waals surface area contributed by atoms with Gasteiger partial charge in [0.2, 0.25) is 0 Å². The average Bonchev–Trinajstić information content (AvgIpc) is 3.19. The van der Waals surface area contributed by atoms with Crippen LogP contribution in [0.3, 0.4) is 0 Å². The van der Waals surface area contributed by atoms with Crippen LogP contribution in [-0.4, -0.2) is 35.0 Å². The Kier molecular flexibility index (Phi) is 5.36. The molecule has 0 amide bonds. The molecule has 4 rings (SSSR count). The van der Waals surface area contributed by atoms with Gasteiger partial charge in [0.1, 0.15) is 5.82 Å². The number of nitrogens with two attached hydrogens (primary N) is 1. The first-order chi connectivity index (χ1) is 13.2. The van der Waals surface area contributed by atoms with E-state index < -0.39 is 0 Å². The van der Waals surface area contributed by atoms with Crippen molar-refractivity contribution in [2.75, 3.05) is 31.2 Å². The third kappa shape index (κ3) is 4.28. The summed E-state index contributed by atoms with van der Waals surface area (Å²) in [5.41, 5.74) is 9.22. The average molecular weight is 380 g/mol. The Morgan fingerprint density at radius 1 is 1.15 bits per heavy atom. The van der Waals surface area contributed by atoms with Crippen molar-refractivity contribution in [3.8, 4) is 10.4 Å². The number of hydrogen-bond donors (Lipinski definition) is 2. The number of pyridine rings is 1. The van der Waals surface area contributed by atoms with Gasteiger partial charge in [-0.1, -0.05) is 30.3 Å². The second kappa shape index (κ2) is 8.06. The molecule has 0 saturated carbocycles. The van der Waals surface area contributed by atoms with Gasteiger partial charge in [-0.05, 0) is 44.6 Å². The lowest BCUT2D eigenvalue weighted by atomic mass is 9.98. The second-order valence-electron chi connectivity index (χ2n) is 7.14. The number of piperidine rings is 1. The van der Waals surface area contributed by atoms with E-state index in [4.69, 9.17) is 10.7 Å². The number of nitrogens with zero attached hydrogens (tertiary/aromatic N) is 3. The molecule has 6 heteroatoms. The number of aromatic nitrogens is 2. The normalized spacial score (nSPS) is 15.7. The molecule has 3 N–H and O–H groups in total. The zero-order valence-electron chi connectivity index (χ0n) is 15.6. The predicted octanol–water partition coefficient (Wildman–Crippen LogP) is 4.21. The van der Waals surface area contributed by atoms with Gasteiger partial charge in [0.15, 0.2) is 0 Å². The maximum atomic E-state index is 6.08. The lowest BCUT2D eigenvalue weighted by Crippen LogP contribution is -2.29. The highest BCUT2D eigenvalue weighted by Crippen LogP contribution is 2.35. The van der Waals surface area contributed by atoms with E-state index in [9.17, 15) is 0 Å². The van der Waals surface area contributed by atoms with Crippen molar-refractivity contribution < 1.29 is 0 Å². The molecule has 0 spiro atoms. The van der Waals surface area contributed by atoms with Gasteiger partial charge in [0, 0.05) is 30.4 Å². The number of thiazole rings is 1. The SMILES string of the molecule is CN1CCC(c2ncc(-c3cnc(N)c(NCc4ccccc4)c3)s2)CC1. The van der Waals surface area contributed by atoms with Crippen LogP contribution in [0.25, 0.3) is 10.4 Å². The van der Waals surface area contributed by atoms with Crippen LogP contribution in [0.15, 0.2) is 48.8 Å². The fraction of sp³-hybridized carbons (Fsp3) is 0.333. The summed E-state index contributed by atoms with van der Waals surface area (Å²) in [5, 5.41) is 4.65. The lowest BCUT2D eigenvalue weighted by molar-refractivity contribution is 0.255. The molecular weight excluding hydrogens is 354 g/mol. The van der Waals surface area contributed by atoms with Gasteiger partial charge in [-0.3, -0.25) is 0 Å². The Bertz CT molecular complexity index is 885. The van der Waals surface area contributed by atoms with Gasteiger partial charge in [-0.2, -0.15) is 0 Å². The predicted molar refractivity (Wildman–Crippen MR) is 113 cm³/mol. The summed E-state index contributed by atoms with van der Waals surface area (Å²) in [6.07, 6.45) is 6.20. The van der Waals surface area contributed by atoms with Gasteiger partial charge in [-0.25, -0.2) is 9.97 Å². The smallest absolute Gasteiger partial charge is 0.146 e. The minimum Gasteiger partial charge on any atom is -0.382 e.